The summed E-state index contributed by atoms with van der Waals surface area (Å²) in [7, 11) is -3.73. The summed E-state index contributed by atoms with van der Waals surface area (Å²) in [6, 6.07) is 14.9. The van der Waals surface area contributed by atoms with Crippen LogP contribution in [0.5, 0.6) is 0 Å². The number of rotatable bonds is 4. The van der Waals surface area contributed by atoms with Gasteiger partial charge in [0.15, 0.2) is 0 Å². The number of carbonyl (C=O) groups excluding carboxylic acids is 1. The zero-order valence-electron chi connectivity index (χ0n) is 13.6. The van der Waals surface area contributed by atoms with Crippen LogP contribution in [0.4, 0.5) is 5.69 Å². The Kier molecular flexibility index (Phi) is 5.17. The van der Waals surface area contributed by atoms with Gasteiger partial charge in [-0.25, -0.2) is 8.42 Å². The Hall–Kier alpha value is -2.22. The lowest BCUT2D eigenvalue weighted by Crippen LogP contribution is -2.42. The molecule has 1 atom stereocenters. The second-order valence-corrected chi connectivity index (χ2v) is 7.95. The number of nitrogens with one attached hydrogen (secondary N) is 1. The number of anilines is 1. The smallest absolute Gasteiger partial charge is 0.255 e. The van der Waals surface area contributed by atoms with E-state index >= 15 is 0 Å². The van der Waals surface area contributed by atoms with Crippen molar-refractivity contribution in [1.82, 2.24) is 4.31 Å². The van der Waals surface area contributed by atoms with Gasteiger partial charge in [0.2, 0.25) is 10.0 Å². The van der Waals surface area contributed by atoms with E-state index in [2.05, 4.69) is 5.32 Å². The van der Waals surface area contributed by atoms with Gasteiger partial charge in [0.1, 0.15) is 0 Å². The number of sulfonamides is 1. The van der Waals surface area contributed by atoms with Crippen LogP contribution in [0.15, 0.2) is 59.5 Å². The molecule has 2 aromatic rings. The number of amides is 1. The van der Waals surface area contributed by atoms with Crippen LogP contribution in [-0.2, 0) is 10.0 Å². The third kappa shape index (κ3) is 4.07. The van der Waals surface area contributed by atoms with E-state index in [1.165, 1.54) is 16.4 Å². The third-order valence-electron chi connectivity index (χ3n) is 4.12. The van der Waals surface area contributed by atoms with E-state index in [0.29, 0.717) is 25.1 Å². The number of hydrogen-bond acceptors (Lipinski definition) is 4. The lowest BCUT2D eigenvalue weighted by Gasteiger charge is -2.29. The first-order chi connectivity index (χ1) is 12.0. The van der Waals surface area contributed by atoms with E-state index in [1.807, 2.05) is 6.07 Å². The molecule has 7 heteroatoms. The highest BCUT2D eigenvalue weighted by Gasteiger charge is 2.29. The number of hydrogen-bond donors (Lipinski definition) is 2. The van der Waals surface area contributed by atoms with Gasteiger partial charge in [-0.3, -0.25) is 4.79 Å². The molecule has 1 aliphatic rings. The van der Waals surface area contributed by atoms with Crippen molar-refractivity contribution in [2.45, 2.75) is 23.8 Å². The molecular formula is C18H20N2O4S. The Morgan fingerprint density at radius 3 is 2.60 bits per heavy atom. The highest BCUT2D eigenvalue weighted by molar-refractivity contribution is 7.89. The molecule has 0 spiro atoms. The molecule has 25 heavy (non-hydrogen) atoms. The zero-order valence-corrected chi connectivity index (χ0v) is 14.4. The second kappa shape index (κ2) is 7.35. The Balaban J connectivity index is 1.82. The molecule has 1 saturated heterocycles. The van der Waals surface area contributed by atoms with E-state index in [9.17, 15) is 18.3 Å². The quantitative estimate of drug-likeness (QED) is 0.874. The van der Waals surface area contributed by atoms with Gasteiger partial charge >= 0.3 is 0 Å². The van der Waals surface area contributed by atoms with Crippen LogP contribution in [0.25, 0.3) is 0 Å². The number of β-amino-alcohol motifs (C(OH)–C–C–N with tert-alkyl or cyclic N) is 1. The van der Waals surface area contributed by atoms with E-state index in [4.69, 9.17) is 0 Å². The van der Waals surface area contributed by atoms with Crippen molar-refractivity contribution in [2.75, 3.05) is 18.4 Å². The maximum absolute atomic E-state index is 12.7. The molecule has 132 valence electrons. The molecule has 0 aromatic heterocycles. The minimum Gasteiger partial charge on any atom is -0.392 e. The lowest BCUT2D eigenvalue weighted by molar-refractivity contribution is 0.102. The van der Waals surface area contributed by atoms with Crippen LogP contribution >= 0.6 is 0 Å². The van der Waals surface area contributed by atoms with Gasteiger partial charge in [-0.15, -0.1) is 0 Å². The van der Waals surface area contributed by atoms with Crippen molar-refractivity contribution >= 4 is 21.6 Å². The van der Waals surface area contributed by atoms with Crippen molar-refractivity contribution in [3.05, 3.63) is 60.2 Å². The molecule has 1 fully saturated rings. The summed E-state index contributed by atoms with van der Waals surface area (Å²) < 4.78 is 26.8. The largest absolute Gasteiger partial charge is 0.392 e. The molecule has 1 amide bonds. The minimum atomic E-state index is -3.73. The third-order valence-corrected chi connectivity index (χ3v) is 5.99. The van der Waals surface area contributed by atoms with Crippen molar-refractivity contribution in [3.8, 4) is 0 Å². The van der Waals surface area contributed by atoms with Gasteiger partial charge in [0.05, 0.1) is 11.0 Å². The summed E-state index contributed by atoms with van der Waals surface area (Å²) in [4.78, 5) is 12.4. The van der Waals surface area contributed by atoms with Gasteiger partial charge in [-0.05, 0) is 43.2 Å². The molecule has 1 heterocycles. The molecule has 2 N–H and O–H groups in total. The molecule has 0 aliphatic carbocycles. The van der Waals surface area contributed by atoms with Crippen molar-refractivity contribution < 1.29 is 18.3 Å². The Morgan fingerprint density at radius 1 is 1.12 bits per heavy atom. The number of nitrogens with zero attached hydrogens (tertiary/aromatic N) is 1. The molecule has 0 radical (unpaired) electrons. The number of benzene rings is 2. The SMILES string of the molecule is O=C(Nc1ccccc1)c1cccc(S(=O)(=O)N2CCCC(O)C2)c1. The summed E-state index contributed by atoms with van der Waals surface area (Å²) in [5.74, 6) is -0.373. The van der Waals surface area contributed by atoms with Crippen LogP contribution in [0, 0.1) is 0 Å². The summed E-state index contributed by atoms with van der Waals surface area (Å²) >= 11 is 0. The van der Waals surface area contributed by atoms with Gasteiger partial charge in [-0.2, -0.15) is 4.31 Å². The highest BCUT2D eigenvalue weighted by atomic mass is 32.2. The van der Waals surface area contributed by atoms with Crippen LogP contribution in [0.3, 0.4) is 0 Å². The monoisotopic (exact) mass is 360 g/mol. The molecule has 2 aromatic carbocycles. The van der Waals surface area contributed by atoms with E-state index < -0.39 is 16.1 Å². The summed E-state index contributed by atoms with van der Waals surface area (Å²) in [5.41, 5.74) is 0.905. The molecule has 3 rings (SSSR count). The first-order valence-electron chi connectivity index (χ1n) is 8.11. The Labute approximate surface area is 147 Å². The van der Waals surface area contributed by atoms with Crippen molar-refractivity contribution in [3.63, 3.8) is 0 Å². The fourth-order valence-electron chi connectivity index (χ4n) is 2.81. The van der Waals surface area contributed by atoms with Gasteiger partial charge in [-0.1, -0.05) is 24.3 Å². The van der Waals surface area contributed by atoms with E-state index in [1.54, 1.807) is 36.4 Å². The number of aliphatic hydroxyl groups is 1. The summed E-state index contributed by atoms with van der Waals surface area (Å²) in [6.45, 7) is 0.461. The van der Waals surface area contributed by atoms with Crippen molar-refractivity contribution in [2.24, 2.45) is 0 Å². The highest BCUT2D eigenvalue weighted by Crippen LogP contribution is 2.22. The Morgan fingerprint density at radius 2 is 1.88 bits per heavy atom. The molecule has 6 nitrogen and oxygen atoms in total. The fourth-order valence-corrected chi connectivity index (χ4v) is 4.37. The zero-order chi connectivity index (χ0) is 17.9. The average molecular weight is 360 g/mol. The van der Waals surface area contributed by atoms with Crippen LogP contribution in [0.2, 0.25) is 0 Å². The first-order valence-corrected chi connectivity index (χ1v) is 9.55. The minimum absolute atomic E-state index is 0.0577. The summed E-state index contributed by atoms with van der Waals surface area (Å²) in [6.07, 6.45) is 0.577. The number of aliphatic hydroxyl groups excluding tert-OH is 1. The number of piperidine rings is 1. The van der Waals surface area contributed by atoms with Gasteiger partial charge in [0.25, 0.3) is 5.91 Å². The maximum Gasteiger partial charge on any atom is 0.255 e. The maximum atomic E-state index is 12.7. The number of para-hydroxylation sites is 1. The molecule has 0 saturated carbocycles. The Bertz CT molecular complexity index is 852. The topological polar surface area (TPSA) is 86.7 Å². The van der Waals surface area contributed by atoms with E-state index in [0.717, 1.165) is 0 Å². The first kappa shape index (κ1) is 17.6. The van der Waals surface area contributed by atoms with Crippen LogP contribution in [-0.4, -0.2) is 42.9 Å². The predicted octanol–water partition coefficient (Wildman–Crippen LogP) is 2.08. The standard InChI is InChI=1S/C18H20N2O4S/c21-16-9-5-11-20(13-16)25(23,24)17-10-4-6-14(12-17)18(22)19-15-7-2-1-3-8-15/h1-4,6-8,10,12,16,21H,5,9,11,13H2,(H,19,22). The molecule has 1 unspecified atom stereocenters. The van der Waals surface area contributed by atoms with E-state index in [-0.39, 0.29) is 22.9 Å². The van der Waals surface area contributed by atoms with Gasteiger partial charge in [0, 0.05) is 24.3 Å². The molecule has 1 aliphatic heterocycles. The normalized spacial score (nSPS) is 18.7. The molecule has 0 bridgehead atoms. The fraction of sp³-hybridized carbons (Fsp3) is 0.278. The lowest BCUT2D eigenvalue weighted by atomic mass is 10.1. The van der Waals surface area contributed by atoms with Crippen LogP contribution in [0.1, 0.15) is 23.2 Å². The predicted molar refractivity (Wildman–Crippen MR) is 94.8 cm³/mol. The van der Waals surface area contributed by atoms with Gasteiger partial charge < -0.3 is 10.4 Å². The summed E-state index contributed by atoms with van der Waals surface area (Å²) in [5, 5.41) is 12.5. The second-order valence-electron chi connectivity index (χ2n) is 6.01. The average Bonchev–Trinajstić information content (AvgIpc) is 2.62. The number of carbonyl (C=O) groups is 1. The van der Waals surface area contributed by atoms with Crippen LogP contribution < -0.4 is 5.32 Å². The molecular weight excluding hydrogens is 340 g/mol. The van der Waals surface area contributed by atoms with Crippen molar-refractivity contribution in [1.29, 1.82) is 0 Å².